The van der Waals surface area contributed by atoms with Crippen LogP contribution in [0.5, 0.6) is 0 Å². The van der Waals surface area contributed by atoms with Crippen LogP contribution in [0, 0.1) is 5.82 Å². The van der Waals surface area contributed by atoms with Crippen molar-refractivity contribution in [2.75, 3.05) is 5.32 Å². The molecular formula is C20H13FN6O. The van der Waals surface area contributed by atoms with Crippen molar-refractivity contribution >= 4 is 28.1 Å². The van der Waals surface area contributed by atoms with Crippen molar-refractivity contribution in [3.05, 3.63) is 78.9 Å². The van der Waals surface area contributed by atoms with Crippen LogP contribution in [0.3, 0.4) is 0 Å². The van der Waals surface area contributed by atoms with Gasteiger partial charge in [0, 0.05) is 41.8 Å². The fourth-order valence-corrected chi connectivity index (χ4v) is 3.14. The summed E-state index contributed by atoms with van der Waals surface area (Å²) in [5.41, 5.74) is 4.19. The minimum absolute atomic E-state index is 0.283. The fraction of sp³-hybridized carbons (Fsp3) is 0. The first-order valence-electron chi connectivity index (χ1n) is 8.50. The van der Waals surface area contributed by atoms with Crippen LogP contribution in [0.4, 0.5) is 10.1 Å². The van der Waals surface area contributed by atoms with E-state index in [1.54, 1.807) is 16.8 Å². The molecule has 0 atom stereocenters. The molecule has 5 aromatic rings. The minimum atomic E-state index is -0.519. The van der Waals surface area contributed by atoms with E-state index in [0.717, 1.165) is 28.2 Å². The van der Waals surface area contributed by atoms with Crippen molar-refractivity contribution in [1.82, 2.24) is 24.6 Å². The first kappa shape index (κ1) is 16.1. The molecule has 0 radical (unpaired) electrons. The number of H-pyrrole nitrogens is 1. The number of fused-ring (bicyclic) bond motifs is 2. The van der Waals surface area contributed by atoms with Crippen LogP contribution in [-0.4, -0.2) is 30.5 Å². The summed E-state index contributed by atoms with van der Waals surface area (Å²) in [6.07, 6.45) is 9.41. The van der Waals surface area contributed by atoms with Gasteiger partial charge in [0.15, 0.2) is 0 Å². The molecule has 0 spiro atoms. The Kier molecular flexibility index (Phi) is 3.61. The van der Waals surface area contributed by atoms with E-state index in [1.165, 1.54) is 18.5 Å². The van der Waals surface area contributed by atoms with Crippen LogP contribution in [0.15, 0.2) is 67.5 Å². The van der Waals surface area contributed by atoms with Gasteiger partial charge in [-0.3, -0.25) is 9.78 Å². The lowest BCUT2D eigenvalue weighted by Gasteiger charge is -2.06. The van der Waals surface area contributed by atoms with Crippen molar-refractivity contribution in [1.29, 1.82) is 0 Å². The highest BCUT2D eigenvalue weighted by molar-refractivity contribution is 6.07. The monoisotopic (exact) mass is 372 g/mol. The van der Waals surface area contributed by atoms with E-state index in [4.69, 9.17) is 0 Å². The molecule has 28 heavy (non-hydrogen) atoms. The molecule has 8 heteroatoms. The molecule has 0 saturated carbocycles. The van der Waals surface area contributed by atoms with Gasteiger partial charge in [-0.2, -0.15) is 5.10 Å². The Morgan fingerprint density at radius 1 is 1.14 bits per heavy atom. The molecule has 0 saturated heterocycles. The Hall–Kier alpha value is -4.07. The molecule has 0 bridgehead atoms. The average molecular weight is 372 g/mol. The van der Waals surface area contributed by atoms with Gasteiger partial charge in [-0.25, -0.2) is 13.9 Å². The van der Waals surface area contributed by atoms with Gasteiger partial charge < -0.3 is 10.3 Å². The number of amides is 1. The first-order valence-corrected chi connectivity index (χ1v) is 8.50. The molecule has 1 amide bonds. The molecule has 7 nitrogen and oxygen atoms in total. The third kappa shape index (κ3) is 2.77. The van der Waals surface area contributed by atoms with Crippen LogP contribution >= 0.6 is 0 Å². The molecule has 0 fully saturated rings. The van der Waals surface area contributed by atoms with E-state index < -0.39 is 5.82 Å². The molecule has 0 aliphatic heterocycles. The second kappa shape index (κ2) is 6.27. The summed E-state index contributed by atoms with van der Waals surface area (Å²) in [6.45, 7) is 0. The highest BCUT2D eigenvalue weighted by Crippen LogP contribution is 2.29. The largest absolute Gasteiger partial charge is 0.346 e. The summed E-state index contributed by atoms with van der Waals surface area (Å²) in [5, 5.41) is 7.65. The molecule has 136 valence electrons. The number of nitrogens with zero attached hydrogens (tertiary/aromatic N) is 4. The van der Waals surface area contributed by atoms with Crippen LogP contribution in [0.2, 0.25) is 0 Å². The molecular weight excluding hydrogens is 359 g/mol. The Bertz CT molecular complexity index is 1340. The molecule has 0 aliphatic carbocycles. The van der Waals surface area contributed by atoms with Crippen molar-refractivity contribution < 1.29 is 9.18 Å². The summed E-state index contributed by atoms with van der Waals surface area (Å²) >= 11 is 0. The number of carbonyl (C=O) groups is 1. The molecule has 2 N–H and O–H groups in total. The summed E-state index contributed by atoms with van der Waals surface area (Å²) < 4.78 is 15.1. The lowest BCUT2D eigenvalue weighted by molar-refractivity contribution is 0.102. The molecule has 0 aliphatic rings. The predicted molar refractivity (Wildman–Crippen MR) is 102 cm³/mol. The van der Waals surface area contributed by atoms with E-state index in [0.29, 0.717) is 11.2 Å². The van der Waals surface area contributed by atoms with Crippen LogP contribution in [0.25, 0.3) is 27.7 Å². The van der Waals surface area contributed by atoms with Crippen LogP contribution in [-0.2, 0) is 0 Å². The molecule has 5 heterocycles. The summed E-state index contributed by atoms with van der Waals surface area (Å²) in [4.78, 5) is 23.7. The highest BCUT2D eigenvalue weighted by atomic mass is 19.1. The van der Waals surface area contributed by atoms with Gasteiger partial charge >= 0.3 is 0 Å². The molecule has 0 unspecified atom stereocenters. The Morgan fingerprint density at radius 3 is 2.96 bits per heavy atom. The van der Waals surface area contributed by atoms with Gasteiger partial charge in [-0.15, -0.1) is 0 Å². The van der Waals surface area contributed by atoms with Crippen molar-refractivity contribution in [3.63, 3.8) is 0 Å². The van der Waals surface area contributed by atoms with Gasteiger partial charge in [-0.1, -0.05) is 0 Å². The maximum Gasteiger partial charge on any atom is 0.257 e. The standard InChI is InChI=1S/C20H13FN6O/c21-14-7-15(10-22-9-14)26-20(28)13-6-17-18(11-24-19(17)23-8-13)12-2-4-27-16(5-12)1-3-25-27/h1-11H,(H,23,24)(H,26,28). The van der Waals surface area contributed by atoms with Gasteiger partial charge in [0.1, 0.15) is 11.5 Å². The fourth-order valence-electron chi connectivity index (χ4n) is 3.14. The number of pyridine rings is 3. The SMILES string of the molecule is O=C(Nc1cncc(F)c1)c1cnc2[nH]cc(-c3ccn4nccc4c3)c2c1. The maximum absolute atomic E-state index is 13.3. The number of anilines is 1. The number of hydrogen-bond donors (Lipinski definition) is 2. The van der Waals surface area contributed by atoms with Crippen LogP contribution < -0.4 is 5.32 Å². The number of rotatable bonds is 3. The zero-order chi connectivity index (χ0) is 19.1. The number of halogens is 1. The smallest absolute Gasteiger partial charge is 0.257 e. The Labute approximate surface area is 157 Å². The van der Waals surface area contributed by atoms with E-state index in [2.05, 4.69) is 25.4 Å². The van der Waals surface area contributed by atoms with E-state index in [1.807, 2.05) is 30.6 Å². The zero-order valence-corrected chi connectivity index (χ0v) is 14.4. The molecule has 5 aromatic heterocycles. The third-order valence-electron chi connectivity index (χ3n) is 4.47. The maximum atomic E-state index is 13.3. The summed E-state index contributed by atoms with van der Waals surface area (Å²) in [5.74, 6) is -0.908. The number of nitrogens with one attached hydrogen (secondary N) is 2. The van der Waals surface area contributed by atoms with Crippen molar-refractivity contribution in [3.8, 4) is 11.1 Å². The summed E-state index contributed by atoms with van der Waals surface area (Å²) in [7, 11) is 0. The Morgan fingerprint density at radius 2 is 2.07 bits per heavy atom. The lowest BCUT2D eigenvalue weighted by Crippen LogP contribution is -2.12. The topological polar surface area (TPSA) is 88.0 Å². The van der Waals surface area contributed by atoms with Crippen molar-refractivity contribution in [2.45, 2.75) is 0 Å². The normalized spacial score (nSPS) is 11.2. The second-order valence-corrected chi connectivity index (χ2v) is 6.28. The number of hydrogen-bond acceptors (Lipinski definition) is 4. The van der Waals surface area contributed by atoms with Gasteiger partial charge in [0.25, 0.3) is 5.91 Å². The quantitative estimate of drug-likeness (QED) is 0.506. The minimum Gasteiger partial charge on any atom is -0.346 e. The number of aromatic amines is 1. The lowest BCUT2D eigenvalue weighted by atomic mass is 10.1. The highest BCUT2D eigenvalue weighted by Gasteiger charge is 2.13. The molecule has 5 rings (SSSR count). The van der Waals surface area contributed by atoms with Crippen LogP contribution in [0.1, 0.15) is 10.4 Å². The summed E-state index contributed by atoms with van der Waals surface area (Å²) in [6, 6.07) is 8.85. The third-order valence-corrected chi connectivity index (χ3v) is 4.47. The number of carbonyl (C=O) groups excluding carboxylic acids is 1. The van der Waals surface area contributed by atoms with Crippen molar-refractivity contribution in [2.24, 2.45) is 0 Å². The Balaban J connectivity index is 1.53. The predicted octanol–water partition coefficient (Wildman–Crippen LogP) is 3.66. The zero-order valence-electron chi connectivity index (χ0n) is 14.4. The van der Waals surface area contributed by atoms with E-state index in [-0.39, 0.29) is 11.6 Å². The van der Waals surface area contributed by atoms with E-state index >= 15 is 0 Å². The van der Waals surface area contributed by atoms with Gasteiger partial charge in [0.05, 0.1) is 29.2 Å². The van der Waals surface area contributed by atoms with Gasteiger partial charge in [0.2, 0.25) is 0 Å². The number of aromatic nitrogens is 5. The molecule has 0 aromatic carbocycles. The average Bonchev–Trinajstić information content (AvgIpc) is 3.33. The van der Waals surface area contributed by atoms with E-state index in [9.17, 15) is 9.18 Å². The van der Waals surface area contributed by atoms with Gasteiger partial charge in [-0.05, 0) is 29.8 Å². The first-order chi connectivity index (χ1) is 13.7. The second-order valence-electron chi connectivity index (χ2n) is 6.28.